The molecule has 0 aliphatic rings. The van der Waals surface area contributed by atoms with Gasteiger partial charge in [0.05, 0.1) is 23.7 Å². The van der Waals surface area contributed by atoms with Crippen LogP contribution in [0.25, 0.3) is 21.9 Å². The van der Waals surface area contributed by atoms with Gasteiger partial charge in [-0.05, 0) is 31.4 Å². The molecule has 0 spiro atoms. The summed E-state index contributed by atoms with van der Waals surface area (Å²) in [6.45, 7) is 3.92. The Morgan fingerprint density at radius 2 is 1.88 bits per heavy atom. The normalized spacial score (nSPS) is 12.2. The van der Waals surface area contributed by atoms with Gasteiger partial charge >= 0.3 is 6.03 Å². The number of nitrogens with one attached hydrogen (secondary N) is 2. The monoisotopic (exact) mass is 464 g/mol. The predicted octanol–water partition coefficient (Wildman–Crippen LogP) is 4.69. The Kier molecular flexibility index (Phi) is 7.59. The summed E-state index contributed by atoms with van der Waals surface area (Å²) >= 11 is 0. The highest BCUT2D eigenvalue weighted by molar-refractivity contribution is 6.06. The first-order valence-corrected chi connectivity index (χ1v) is 11.7. The van der Waals surface area contributed by atoms with E-state index < -0.39 is 0 Å². The molecular formula is C26H36N6O2. The van der Waals surface area contributed by atoms with Gasteiger partial charge in [-0.1, -0.05) is 48.5 Å². The number of carbonyl (C=O) groups is 1. The van der Waals surface area contributed by atoms with Crippen molar-refractivity contribution in [3.8, 4) is 0 Å². The zero-order chi connectivity index (χ0) is 23.9. The average Bonchev–Trinajstić information content (AvgIpc) is 3.22. The van der Waals surface area contributed by atoms with Crippen molar-refractivity contribution < 1.29 is 12.4 Å². The number of pyridine rings is 1. The molecule has 34 heavy (non-hydrogen) atoms. The summed E-state index contributed by atoms with van der Waals surface area (Å²) in [6, 6.07) is 17.7. The minimum atomic E-state index is -0.157. The van der Waals surface area contributed by atoms with Crippen LogP contribution >= 0.6 is 0 Å². The highest BCUT2D eigenvalue weighted by atomic mass is 16.5. The summed E-state index contributed by atoms with van der Waals surface area (Å²) in [5, 5.41) is 6.98. The lowest BCUT2D eigenvalue weighted by molar-refractivity contribution is 0.199. The highest BCUT2D eigenvalue weighted by Gasteiger charge is 2.17. The summed E-state index contributed by atoms with van der Waals surface area (Å²) in [7, 11) is 1.69. The molecular weight excluding hydrogens is 428 g/mol. The fraction of sp³-hybridized carbons (Fsp3) is 0.346. The number of urea groups is 1. The number of anilines is 1. The first-order valence-electron chi connectivity index (χ1n) is 11.7. The number of para-hydroxylation sites is 1. The second-order valence-corrected chi connectivity index (χ2v) is 8.37. The summed E-state index contributed by atoms with van der Waals surface area (Å²) in [5.41, 5.74) is 9.93. The molecule has 4 aromatic rings. The quantitative estimate of drug-likeness (QED) is 0.295. The number of rotatable bonds is 10. The molecule has 0 unspecified atom stereocenters. The van der Waals surface area contributed by atoms with Crippen molar-refractivity contribution in [2.75, 3.05) is 26.0 Å². The number of nitrogens with zero attached hydrogens (tertiary/aromatic N) is 3. The second-order valence-electron chi connectivity index (χ2n) is 8.37. The molecule has 2 heterocycles. The highest BCUT2D eigenvalue weighted by Crippen LogP contribution is 2.29. The van der Waals surface area contributed by atoms with Gasteiger partial charge in [0.15, 0.2) is 5.82 Å². The number of fused-ring (bicyclic) bond motifs is 3. The van der Waals surface area contributed by atoms with E-state index in [1.165, 1.54) is 0 Å². The number of imidazole rings is 1. The summed E-state index contributed by atoms with van der Waals surface area (Å²) in [4.78, 5) is 21.6. The molecule has 0 bridgehead atoms. The van der Waals surface area contributed by atoms with Crippen LogP contribution in [0.3, 0.4) is 0 Å². The van der Waals surface area contributed by atoms with Crippen LogP contribution in [0, 0.1) is 0 Å². The number of carbonyl (C=O) groups excluding carboxylic acids is 1. The molecule has 1 atom stereocenters. The number of amides is 2. The molecule has 0 radical (unpaired) electrons. The minimum absolute atomic E-state index is 0. The third-order valence-electron chi connectivity index (χ3n) is 5.96. The van der Waals surface area contributed by atoms with Gasteiger partial charge < -0.3 is 25.7 Å². The molecule has 0 saturated heterocycles. The van der Waals surface area contributed by atoms with Crippen LogP contribution in [0.5, 0.6) is 0 Å². The lowest BCUT2D eigenvalue weighted by Gasteiger charge is -2.15. The molecule has 182 valence electrons. The smallest absolute Gasteiger partial charge is 0.315 e. The van der Waals surface area contributed by atoms with E-state index in [1.54, 1.807) is 7.11 Å². The van der Waals surface area contributed by atoms with Gasteiger partial charge in [-0.2, -0.15) is 0 Å². The molecule has 4 N–H and O–H groups in total. The first-order chi connectivity index (χ1) is 16.6. The Hall–Kier alpha value is -3.65. The minimum Gasteiger partial charge on any atom is -0.384 e. The van der Waals surface area contributed by atoms with E-state index in [1.807, 2.05) is 55.5 Å². The van der Waals surface area contributed by atoms with E-state index >= 15 is 0 Å². The molecule has 0 fully saturated rings. The second kappa shape index (κ2) is 11.0. The van der Waals surface area contributed by atoms with Gasteiger partial charge in [0.25, 0.3) is 0 Å². The number of unbranched alkanes of at least 4 members (excludes halogenated alkanes) is 1. The number of aromatic nitrogens is 3. The Bertz CT molecular complexity index is 1270. The number of hydrogen-bond acceptors (Lipinski definition) is 5. The molecule has 0 aliphatic carbocycles. The Balaban J connectivity index is 0.00000228. The van der Waals surface area contributed by atoms with Crippen LogP contribution in [0.4, 0.5) is 10.6 Å². The average molecular weight is 465 g/mol. The molecule has 2 aromatic heterocycles. The van der Waals surface area contributed by atoms with Crippen LogP contribution in [-0.4, -0.2) is 40.8 Å². The molecule has 0 aliphatic heterocycles. The fourth-order valence-corrected chi connectivity index (χ4v) is 4.20. The SMILES string of the molecule is COCCc1nc2c(N)nc3ccccc3c2n1CCCCNC(=O)N[C@H](C)c1ccccc1.[HH].[HH]. The largest absolute Gasteiger partial charge is 0.384 e. The van der Waals surface area contributed by atoms with Crippen molar-refractivity contribution in [3.05, 3.63) is 66.0 Å². The lowest BCUT2D eigenvalue weighted by Crippen LogP contribution is -2.37. The van der Waals surface area contributed by atoms with Gasteiger partial charge in [0.2, 0.25) is 0 Å². The Morgan fingerprint density at radius 1 is 1.12 bits per heavy atom. The number of hydrogen-bond donors (Lipinski definition) is 3. The topological polar surface area (TPSA) is 107 Å². The van der Waals surface area contributed by atoms with Gasteiger partial charge in [0, 0.05) is 34.9 Å². The Morgan fingerprint density at radius 3 is 2.68 bits per heavy atom. The van der Waals surface area contributed by atoms with Gasteiger partial charge in [-0.3, -0.25) is 0 Å². The molecule has 4 rings (SSSR count). The van der Waals surface area contributed by atoms with Gasteiger partial charge in [0.1, 0.15) is 11.3 Å². The van der Waals surface area contributed by atoms with Crippen LogP contribution in [0.2, 0.25) is 0 Å². The molecule has 8 heteroatoms. The zero-order valence-electron chi connectivity index (χ0n) is 19.8. The van der Waals surface area contributed by atoms with Crippen LogP contribution in [0.1, 0.15) is 40.0 Å². The number of nitrogens with two attached hydrogens (primary N) is 1. The van der Waals surface area contributed by atoms with Crippen molar-refractivity contribution in [2.24, 2.45) is 0 Å². The number of aryl methyl sites for hydroxylation is 1. The van der Waals surface area contributed by atoms with Crippen molar-refractivity contribution in [3.63, 3.8) is 0 Å². The standard InChI is InChI=1S/C26H32N6O2.2H2/c1-18(19-10-4-3-5-11-19)29-26(33)28-15-8-9-16-32-22(14-17-34-2)31-23-24(32)20-12-6-7-13-21(20)30-25(23)27;;/h3-7,10-13,18H,8-9,14-17H2,1-2H3,(H2,27,30)(H2,28,29,33);2*1H/t18-;;/m1../s1. The van der Waals surface area contributed by atoms with Crippen molar-refractivity contribution in [2.45, 2.75) is 38.8 Å². The van der Waals surface area contributed by atoms with E-state index in [-0.39, 0.29) is 14.9 Å². The van der Waals surface area contributed by atoms with Crippen LogP contribution in [0.15, 0.2) is 54.6 Å². The van der Waals surface area contributed by atoms with Crippen LogP contribution in [-0.2, 0) is 17.7 Å². The Labute approximate surface area is 202 Å². The predicted molar refractivity (Wildman–Crippen MR) is 140 cm³/mol. The van der Waals surface area contributed by atoms with Gasteiger partial charge in [-0.15, -0.1) is 0 Å². The van der Waals surface area contributed by atoms with Crippen molar-refractivity contribution >= 4 is 33.8 Å². The van der Waals surface area contributed by atoms with E-state index in [0.29, 0.717) is 25.4 Å². The summed E-state index contributed by atoms with van der Waals surface area (Å²) < 4.78 is 7.52. The van der Waals surface area contributed by atoms with E-state index in [9.17, 15) is 4.79 Å². The van der Waals surface area contributed by atoms with Crippen molar-refractivity contribution in [1.29, 1.82) is 0 Å². The van der Waals surface area contributed by atoms with E-state index in [2.05, 4.69) is 26.3 Å². The number of methoxy groups -OCH3 is 1. The van der Waals surface area contributed by atoms with Crippen LogP contribution < -0.4 is 16.4 Å². The molecule has 2 amide bonds. The van der Waals surface area contributed by atoms with E-state index in [0.717, 1.165) is 52.7 Å². The third-order valence-corrected chi connectivity index (χ3v) is 5.96. The molecule has 8 nitrogen and oxygen atoms in total. The van der Waals surface area contributed by atoms with Crippen molar-refractivity contribution in [1.82, 2.24) is 25.2 Å². The fourth-order valence-electron chi connectivity index (χ4n) is 4.20. The zero-order valence-corrected chi connectivity index (χ0v) is 19.8. The molecule has 2 aromatic carbocycles. The number of ether oxygens (including phenoxy) is 1. The third kappa shape index (κ3) is 5.28. The first kappa shape index (κ1) is 23.5. The lowest BCUT2D eigenvalue weighted by atomic mass is 10.1. The maximum atomic E-state index is 12.3. The number of benzene rings is 2. The maximum absolute atomic E-state index is 12.3. The molecule has 0 saturated carbocycles. The summed E-state index contributed by atoms with van der Waals surface area (Å²) in [6.07, 6.45) is 2.42. The summed E-state index contributed by atoms with van der Waals surface area (Å²) in [5.74, 6) is 1.38. The van der Waals surface area contributed by atoms with E-state index in [4.69, 9.17) is 15.5 Å². The number of nitrogen functional groups attached to an aromatic ring is 1. The van der Waals surface area contributed by atoms with Gasteiger partial charge in [-0.25, -0.2) is 14.8 Å². The maximum Gasteiger partial charge on any atom is 0.315 e.